The molecule has 0 atom stereocenters. The average Bonchev–Trinajstić information content (AvgIpc) is 3.29. The summed E-state index contributed by atoms with van der Waals surface area (Å²) in [5.74, 6) is -0.759. The summed E-state index contributed by atoms with van der Waals surface area (Å²) in [6.45, 7) is 3.94. The van der Waals surface area contributed by atoms with Gasteiger partial charge in [-0.15, -0.1) is 11.3 Å². The van der Waals surface area contributed by atoms with Crippen LogP contribution in [0.15, 0.2) is 47.8 Å². The predicted molar refractivity (Wildman–Crippen MR) is 104 cm³/mol. The number of thiophene rings is 1. The standard InChI is InChI=1S/C20H21N3O3S/c1-14-18(15(2)23(22-14)16-7-4-3-5-8-16)11-20(25)26-13-19(24)21-12-17-9-6-10-27-17/h3-10H,11-13H2,1-2H3,(H,21,24). The van der Waals surface area contributed by atoms with E-state index < -0.39 is 5.97 Å². The third-order valence-corrected chi connectivity index (χ3v) is 5.04. The molecule has 0 aliphatic carbocycles. The van der Waals surface area contributed by atoms with Crippen LogP contribution in [0.4, 0.5) is 0 Å². The molecule has 1 aromatic carbocycles. The Hall–Kier alpha value is -2.93. The summed E-state index contributed by atoms with van der Waals surface area (Å²) in [6.07, 6.45) is 0.0860. The number of nitrogens with one attached hydrogen (secondary N) is 1. The van der Waals surface area contributed by atoms with E-state index in [9.17, 15) is 9.59 Å². The zero-order valence-electron chi connectivity index (χ0n) is 15.3. The van der Waals surface area contributed by atoms with Crippen molar-refractivity contribution in [3.8, 4) is 5.69 Å². The number of carbonyl (C=O) groups excluding carboxylic acids is 2. The minimum Gasteiger partial charge on any atom is -0.455 e. The summed E-state index contributed by atoms with van der Waals surface area (Å²) in [4.78, 5) is 25.0. The van der Waals surface area contributed by atoms with E-state index in [1.807, 2.05) is 66.4 Å². The fraction of sp³-hybridized carbons (Fsp3) is 0.250. The Morgan fingerprint density at radius 1 is 1.15 bits per heavy atom. The van der Waals surface area contributed by atoms with E-state index in [0.717, 1.165) is 27.5 Å². The number of nitrogens with zero attached hydrogens (tertiary/aromatic N) is 2. The summed E-state index contributed by atoms with van der Waals surface area (Å²) in [5, 5.41) is 9.19. The second kappa shape index (κ2) is 8.64. The van der Waals surface area contributed by atoms with Gasteiger partial charge in [0.25, 0.3) is 5.91 Å². The van der Waals surface area contributed by atoms with Crippen molar-refractivity contribution in [1.29, 1.82) is 0 Å². The Bertz CT molecular complexity index is 918. The van der Waals surface area contributed by atoms with Crippen molar-refractivity contribution >= 4 is 23.2 Å². The van der Waals surface area contributed by atoms with Crippen LogP contribution < -0.4 is 5.32 Å². The van der Waals surface area contributed by atoms with Gasteiger partial charge in [-0.25, -0.2) is 4.68 Å². The molecule has 3 aromatic rings. The van der Waals surface area contributed by atoms with E-state index in [-0.39, 0.29) is 18.9 Å². The lowest BCUT2D eigenvalue weighted by molar-refractivity contribution is -0.147. The van der Waals surface area contributed by atoms with Gasteiger partial charge >= 0.3 is 5.97 Å². The zero-order valence-corrected chi connectivity index (χ0v) is 16.1. The molecule has 7 heteroatoms. The summed E-state index contributed by atoms with van der Waals surface area (Å²) < 4.78 is 6.93. The highest BCUT2D eigenvalue weighted by molar-refractivity contribution is 7.09. The van der Waals surface area contributed by atoms with E-state index in [1.165, 1.54) is 0 Å². The maximum absolute atomic E-state index is 12.2. The van der Waals surface area contributed by atoms with Crippen molar-refractivity contribution in [2.24, 2.45) is 0 Å². The highest BCUT2D eigenvalue weighted by Crippen LogP contribution is 2.18. The summed E-state index contributed by atoms with van der Waals surface area (Å²) >= 11 is 1.56. The predicted octanol–water partition coefficient (Wildman–Crippen LogP) is 2.95. The van der Waals surface area contributed by atoms with Crippen LogP contribution in [0.25, 0.3) is 5.69 Å². The molecular weight excluding hydrogens is 362 g/mol. The van der Waals surface area contributed by atoms with E-state index >= 15 is 0 Å². The molecule has 6 nitrogen and oxygen atoms in total. The Kier molecular flexibility index (Phi) is 6.03. The molecule has 0 aliphatic heterocycles. The molecule has 0 bridgehead atoms. The highest BCUT2D eigenvalue weighted by Gasteiger charge is 2.17. The minimum absolute atomic E-state index is 0.0860. The van der Waals surface area contributed by atoms with Crippen molar-refractivity contribution < 1.29 is 14.3 Å². The second-order valence-electron chi connectivity index (χ2n) is 6.09. The van der Waals surface area contributed by atoms with Gasteiger partial charge in [-0.1, -0.05) is 24.3 Å². The molecule has 2 heterocycles. The van der Waals surface area contributed by atoms with Crippen LogP contribution in [-0.2, 0) is 27.3 Å². The maximum Gasteiger partial charge on any atom is 0.310 e. The number of amides is 1. The third-order valence-electron chi connectivity index (χ3n) is 4.17. The fourth-order valence-electron chi connectivity index (χ4n) is 2.74. The summed E-state index contributed by atoms with van der Waals surface area (Å²) in [7, 11) is 0. The summed E-state index contributed by atoms with van der Waals surface area (Å²) in [6, 6.07) is 13.6. The number of benzene rings is 1. The monoisotopic (exact) mass is 383 g/mol. The molecule has 1 amide bonds. The first-order valence-corrected chi connectivity index (χ1v) is 9.48. The van der Waals surface area contributed by atoms with Gasteiger partial charge in [0.2, 0.25) is 0 Å². The quantitative estimate of drug-likeness (QED) is 0.637. The number of aromatic nitrogens is 2. The van der Waals surface area contributed by atoms with Crippen molar-refractivity contribution in [2.45, 2.75) is 26.8 Å². The number of carbonyl (C=O) groups is 2. The van der Waals surface area contributed by atoms with Gasteiger partial charge in [-0.2, -0.15) is 5.10 Å². The first-order valence-electron chi connectivity index (χ1n) is 8.60. The van der Waals surface area contributed by atoms with Gasteiger partial charge in [0.05, 0.1) is 24.3 Å². The largest absolute Gasteiger partial charge is 0.455 e. The van der Waals surface area contributed by atoms with Gasteiger partial charge in [-0.3, -0.25) is 9.59 Å². The SMILES string of the molecule is Cc1nn(-c2ccccc2)c(C)c1CC(=O)OCC(=O)NCc1cccs1. The lowest BCUT2D eigenvalue weighted by Crippen LogP contribution is -2.28. The molecule has 0 radical (unpaired) electrons. The van der Waals surface area contributed by atoms with Crippen LogP contribution in [0.3, 0.4) is 0 Å². The average molecular weight is 383 g/mol. The van der Waals surface area contributed by atoms with E-state index in [4.69, 9.17) is 4.74 Å². The van der Waals surface area contributed by atoms with Gasteiger partial charge in [0.1, 0.15) is 0 Å². The van der Waals surface area contributed by atoms with Crippen molar-refractivity contribution in [1.82, 2.24) is 15.1 Å². The van der Waals surface area contributed by atoms with Crippen molar-refractivity contribution in [3.05, 3.63) is 69.7 Å². The Morgan fingerprint density at radius 2 is 1.93 bits per heavy atom. The molecule has 27 heavy (non-hydrogen) atoms. The topological polar surface area (TPSA) is 73.2 Å². The minimum atomic E-state index is -0.444. The molecule has 3 rings (SSSR count). The number of ether oxygens (including phenoxy) is 1. The molecule has 0 fully saturated rings. The molecule has 0 saturated carbocycles. The van der Waals surface area contributed by atoms with E-state index in [2.05, 4.69) is 10.4 Å². The number of esters is 1. The Balaban J connectivity index is 1.55. The number of hydrogen-bond donors (Lipinski definition) is 1. The lowest BCUT2D eigenvalue weighted by atomic mass is 10.1. The van der Waals surface area contributed by atoms with E-state index in [1.54, 1.807) is 11.3 Å². The summed E-state index contributed by atoms with van der Waals surface area (Å²) in [5.41, 5.74) is 3.42. The highest BCUT2D eigenvalue weighted by atomic mass is 32.1. The first kappa shape index (κ1) is 18.8. The lowest BCUT2D eigenvalue weighted by Gasteiger charge is -2.07. The van der Waals surface area contributed by atoms with Gasteiger partial charge in [-0.05, 0) is 37.4 Å². The second-order valence-corrected chi connectivity index (χ2v) is 7.12. The van der Waals surface area contributed by atoms with Crippen LogP contribution in [0.5, 0.6) is 0 Å². The molecule has 0 saturated heterocycles. The number of rotatable bonds is 7. The van der Waals surface area contributed by atoms with Crippen LogP contribution in [0, 0.1) is 13.8 Å². The van der Waals surface area contributed by atoms with Gasteiger partial charge < -0.3 is 10.1 Å². The molecule has 0 spiro atoms. The first-order chi connectivity index (χ1) is 13.0. The zero-order chi connectivity index (χ0) is 19.2. The maximum atomic E-state index is 12.2. The smallest absolute Gasteiger partial charge is 0.310 e. The molecule has 140 valence electrons. The molecular formula is C20H21N3O3S. The third kappa shape index (κ3) is 4.83. The normalized spacial score (nSPS) is 10.6. The number of aryl methyl sites for hydroxylation is 1. The van der Waals surface area contributed by atoms with Crippen LogP contribution in [0.2, 0.25) is 0 Å². The molecule has 2 aromatic heterocycles. The Morgan fingerprint density at radius 3 is 2.63 bits per heavy atom. The van der Waals surface area contributed by atoms with Crippen molar-refractivity contribution in [3.63, 3.8) is 0 Å². The van der Waals surface area contributed by atoms with E-state index in [0.29, 0.717) is 6.54 Å². The number of para-hydroxylation sites is 1. The van der Waals surface area contributed by atoms with Gasteiger partial charge in [0, 0.05) is 16.1 Å². The molecule has 0 unspecified atom stereocenters. The molecule has 0 aliphatic rings. The fourth-order valence-corrected chi connectivity index (χ4v) is 3.39. The molecule has 1 N–H and O–H groups in total. The Labute approximate surface area is 161 Å². The van der Waals surface area contributed by atoms with Crippen LogP contribution >= 0.6 is 11.3 Å². The van der Waals surface area contributed by atoms with Gasteiger partial charge in [0.15, 0.2) is 6.61 Å². The number of hydrogen-bond acceptors (Lipinski definition) is 5. The van der Waals surface area contributed by atoms with Crippen LogP contribution in [0.1, 0.15) is 21.8 Å². The van der Waals surface area contributed by atoms with Crippen LogP contribution in [-0.4, -0.2) is 28.3 Å². The van der Waals surface area contributed by atoms with Crippen molar-refractivity contribution in [2.75, 3.05) is 6.61 Å².